The van der Waals surface area contributed by atoms with Gasteiger partial charge in [0.1, 0.15) is 10.9 Å². The topological polar surface area (TPSA) is 88.0 Å². The minimum Gasteiger partial charge on any atom is -0.493 e. The molecule has 1 aromatic carbocycles. The Bertz CT molecular complexity index is 1330. The Morgan fingerprint density at radius 3 is 2.93 bits per heavy atom. The SMILES string of the molecule is COc1cc(/C=C(\Cl)c2nc3scc(-c4cccs4)c3c(=O)[nH]2)ccc1OCC#N. The number of nitrogens with one attached hydrogen (secondary N) is 1. The van der Waals surface area contributed by atoms with Crippen LogP contribution in [0.25, 0.3) is 31.8 Å². The van der Waals surface area contributed by atoms with Crippen molar-refractivity contribution in [2.24, 2.45) is 0 Å². The van der Waals surface area contributed by atoms with Gasteiger partial charge < -0.3 is 14.5 Å². The van der Waals surface area contributed by atoms with Gasteiger partial charge >= 0.3 is 0 Å². The molecule has 0 fully saturated rings. The molecule has 3 aromatic heterocycles. The summed E-state index contributed by atoms with van der Waals surface area (Å²) >= 11 is 9.44. The van der Waals surface area contributed by atoms with E-state index in [0.717, 1.165) is 16.0 Å². The Hall–Kier alpha value is -3.12. The second-order valence-electron chi connectivity index (χ2n) is 6.07. The quantitative estimate of drug-likeness (QED) is 0.422. The van der Waals surface area contributed by atoms with E-state index in [1.807, 2.05) is 29.0 Å². The first-order valence-electron chi connectivity index (χ1n) is 8.71. The molecule has 3 heterocycles. The van der Waals surface area contributed by atoms with Crippen molar-refractivity contribution >= 4 is 55.6 Å². The van der Waals surface area contributed by atoms with E-state index in [0.29, 0.717) is 21.7 Å². The molecule has 0 saturated carbocycles. The van der Waals surface area contributed by atoms with Gasteiger partial charge in [-0.25, -0.2) is 4.98 Å². The summed E-state index contributed by atoms with van der Waals surface area (Å²) in [5.41, 5.74) is 1.38. The molecular weight excluding hydrogens is 442 g/mol. The molecule has 0 spiro atoms. The smallest absolute Gasteiger partial charge is 0.260 e. The van der Waals surface area contributed by atoms with E-state index in [9.17, 15) is 4.79 Å². The summed E-state index contributed by atoms with van der Waals surface area (Å²) in [4.78, 5) is 21.7. The van der Waals surface area contributed by atoms with Crippen LogP contribution in [0.3, 0.4) is 0 Å². The van der Waals surface area contributed by atoms with Gasteiger partial charge in [-0.15, -0.1) is 22.7 Å². The maximum Gasteiger partial charge on any atom is 0.260 e. The van der Waals surface area contributed by atoms with Crippen molar-refractivity contribution in [3.8, 4) is 28.0 Å². The largest absolute Gasteiger partial charge is 0.493 e. The number of thiophene rings is 2. The second-order valence-corrected chi connectivity index (χ2v) is 8.28. The lowest BCUT2D eigenvalue weighted by Gasteiger charge is -2.09. The molecule has 4 rings (SSSR count). The highest BCUT2D eigenvalue weighted by Crippen LogP contribution is 2.34. The number of H-pyrrole nitrogens is 1. The van der Waals surface area contributed by atoms with Gasteiger partial charge in [0, 0.05) is 15.8 Å². The monoisotopic (exact) mass is 455 g/mol. The zero-order valence-electron chi connectivity index (χ0n) is 15.6. The number of aromatic amines is 1. The predicted molar refractivity (Wildman–Crippen MR) is 121 cm³/mol. The fourth-order valence-corrected chi connectivity index (χ4v) is 4.87. The summed E-state index contributed by atoms with van der Waals surface area (Å²) in [5.74, 6) is 1.22. The molecule has 0 atom stereocenters. The maximum absolute atomic E-state index is 12.7. The highest BCUT2D eigenvalue weighted by Gasteiger charge is 2.15. The lowest BCUT2D eigenvalue weighted by atomic mass is 10.2. The fraction of sp³-hybridized carbons (Fsp3) is 0.0952. The first-order chi connectivity index (χ1) is 14.6. The van der Waals surface area contributed by atoms with Gasteiger partial charge in [-0.05, 0) is 35.2 Å². The van der Waals surface area contributed by atoms with Crippen LogP contribution < -0.4 is 15.0 Å². The third kappa shape index (κ3) is 3.96. The molecule has 0 bridgehead atoms. The number of benzene rings is 1. The van der Waals surface area contributed by atoms with Crippen LogP contribution in [0, 0.1) is 11.3 Å². The maximum atomic E-state index is 12.7. The standard InChI is InChI=1S/C21H14ClN3O3S2/c1-27-16-10-12(4-5-15(16)28-7-6-23)9-14(22)19-24-20(26)18-13(11-30-21(18)25-19)17-3-2-8-29-17/h2-5,8-11H,7H2,1H3,(H,24,25,26)/b14-9-. The highest BCUT2D eigenvalue weighted by molar-refractivity contribution is 7.18. The molecule has 9 heteroatoms. The minimum atomic E-state index is -0.232. The van der Waals surface area contributed by atoms with Crippen molar-refractivity contribution in [2.45, 2.75) is 0 Å². The van der Waals surface area contributed by atoms with Crippen LogP contribution in [0.2, 0.25) is 0 Å². The summed E-state index contributed by atoms with van der Waals surface area (Å²) < 4.78 is 10.6. The molecule has 0 aliphatic carbocycles. The number of nitriles is 1. The molecule has 1 N–H and O–H groups in total. The van der Waals surface area contributed by atoms with Gasteiger partial charge in [0.15, 0.2) is 23.9 Å². The lowest BCUT2D eigenvalue weighted by molar-refractivity contribution is 0.329. The van der Waals surface area contributed by atoms with Crippen molar-refractivity contribution in [3.05, 3.63) is 62.8 Å². The third-order valence-corrected chi connectivity index (χ3v) is 6.29. The number of hydrogen-bond donors (Lipinski definition) is 1. The molecule has 0 amide bonds. The van der Waals surface area contributed by atoms with Crippen molar-refractivity contribution in [1.29, 1.82) is 5.26 Å². The van der Waals surface area contributed by atoms with Crippen molar-refractivity contribution in [1.82, 2.24) is 9.97 Å². The number of aromatic nitrogens is 2. The molecule has 6 nitrogen and oxygen atoms in total. The number of fused-ring (bicyclic) bond motifs is 1. The van der Waals surface area contributed by atoms with Crippen LogP contribution in [-0.4, -0.2) is 23.7 Å². The average Bonchev–Trinajstić information content (AvgIpc) is 3.42. The third-order valence-electron chi connectivity index (χ3n) is 4.23. The highest BCUT2D eigenvalue weighted by atomic mass is 35.5. The first kappa shape index (κ1) is 20.2. The Morgan fingerprint density at radius 2 is 2.20 bits per heavy atom. The summed E-state index contributed by atoms with van der Waals surface area (Å²) in [6.45, 7) is -0.0776. The van der Waals surface area contributed by atoms with Gasteiger partial charge in [-0.3, -0.25) is 4.79 Å². The molecule has 4 aromatic rings. The number of ether oxygens (including phenoxy) is 2. The number of methoxy groups -OCH3 is 1. The number of rotatable bonds is 6. The Labute approximate surface area is 184 Å². The Balaban J connectivity index is 1.70. The summed E-state index contributed by atoms with van der Waals surface area (Å²) in [6.07, 6.45) is 1.68. The molecule has 0 aliphatic heterocycles. The van der Waals surface area contributed by atoms with E-state index in [-0.39, 0.29) is 23.0 Å². The zero-order chi connectivity index (χ0) is 21.1. The van der Waals surface area contributed by atoms with Crippen molar-refractivity contribution < 1.29 is 9.47 Å². The minimum absolute atomic E-state index is 0.0776. The molecular formula is C21H14ClN3O3S2. The van der Waals surface area contributed by atoms with Gasteiger partial charge in [0.05, 0.1) is 17.5 Å². The molecule has 150 valence electrons. The van der Waals surface area contributed by atoms with Crippen LogP contribution in [0.5, 0.6) is 11.5 Å². The van der Waals surface area contributed by atoms with Gasteiger partial charge in [0.2, 0.25) is 0 Å². The van der Waals surface area contributed by atoms with E-state index in [1.165, 1.54) is 18.4 Å². The van der Waals surface area contributed by atoms with E-state index in [4.69, 9.17) is 26.3 Å². The average molecular weight is 456 g/mol. The Kier molecular flexibility index (Phi) is 5.86. The van der Waals surface area contributed by atoms with E-state index >= 15 is 0 Å². The molecule has 30 heavy (non-hydrogen) atoms. The van der Waals surface area contributed by atoms with E-state index < -0.39 is 0 Å². The Morgan fingerprint density at radius 1 is 1.33 bits per heavy atom. The van der Waals surface area contributed by atoms with Crippen molar-refractivity contribution in [3.63, 3.8) is 0 Å². The van der Waals surface area contributed by atoms with E-state index in [2.05, 4.69) is 9.97 Å². The van der Waals surface area contributed by atoms with Gasteiger partial charge in [-0.1, -0.05) is 23.7 Å². The lowest BCUT2D eigenvalue weighted by Crippen LogP contribution is -2.10. The number of hydrogen-bond acceptors (Lipinski definition) is 7. The summed E-state index contributed by atoms with van der Waals surface area (Å²) in [5, 5.41) is 13.4. The molecule has 0 aliphatic rings. The van der Waals surface area contributed by atoms with E-state index in [1.54, 1.807) is 35.6 Å². The predicted octanol–water partition coefficient (Wildman–Crippen LogP) is 5.36. The van der Waals surface area contributed by atoms with Gasteiger partial charge in [-0.2, -0.15) is 5.26 Å². The molecule has 0 saturated heterocycles. The molecule has 0 unspecified atom stereocenters. The van der Waals surface area contributed by atoms with Crippen molar-refractivity contribution in [2.75, 3.05) is 13.7 Å². The van der Waals surface area contributed by atoms with Gasteiger partial charge in [0.25, 0.3) is 5.56 Å². The normalized spacial score (nSPS) is 11.4. The molecule has 0 radical (unpaired) electrons. The number of halogens is 1. The summed E-state index contributed by atoms with van der Waals surface area (Å²) in [7, 11) is 1.51. The zero-order valence-corrected chi connectivity index (χ0v) is 18.0. The fourth-order valence-electron chi connectivity index (χ4n) is 2.89. The first-order valence-corrected chi connectivity index (χ1v) is 10.8. The summed E-state index contributed by atoms with van der Waals surface area (Å²) in [6, 6.07) is 11.0. The van der Waals surface area contributed by atoms with Crippen LogP contribution in [-0.2, 0) is 0 Å². The van der Waals surface area contributed by atoms with Crippen LogP contribution >= 0.6 is 34.3 Å². The van der Waals surface area contributed by atoms with Crippen LogP contribution in [0.4, 0.5) is 0 Å². The van der Waals surface area contributed by atoms with Crippen LogP contribution in [0.15, 0.2) is 45.9 Å². The van der Waals surface area contributed by atoms with Crippen LogP contribution in [0.1, 0.15) is 11.4 Å². The number of nitrogens with zero attached hydrogens (tertiary/aromatic N) is 2. The second kappa shape index (κ2) is 8.71.